The van der Waals surface area contributed by atoms with Gasteiger partial charge in [0.2, 0.25) is 5.91 Å². The minimum absolute atomic E-state index is 0.0411. The van der Waals surface area contributed by atoms with E-state index in [2.05, 4.69) is 21.9 Å². The van der Waals surface area contributed by atoms with E-state index >= 15 is 0 Å². The first-order valence-corrected chi connectivity index (χ1v) is 15.7. The lowest BCUT2D eigenvalue weighted by molar-refractivity contribution is -0.130. The molecule has 6 rings (SSSR count). The molecule has 44 heavy (non-hydrogen) atoms. The summed E-state index contributed by atoms with van der Waals surface area (Å²) in [5, 5.41) is 6.81. The summed E-state index contributed by atoms with van der Waals surface area (Å²) in [6.07, 6.45) is 1.79. The van der Waals surface area contributed by atoms with Crippen LogP contribution in [0.5, 0.6) is 11.5 Å². The largest absolute Gasteiger partial charge is 0.497 e. The SMILES string of the molecule is C=C[C@@H]1C[C@]1(NC(=O)[C@@H]1CC(Oc2cc(-c3ccccc3)nc3cc(OC)ccc23)CN1)C(=O)NS(=O)(=O)c1ccccc1. The second-order valence-corrected chi connectivity index (χ2v) is 12.6. The first-order valence-electron chi connectivity index (χ1n) is 14.2. The van der Waals surface area contributed by atoms with E-state index in [9.17, 15) is 18.0 Å². The Morgan fingerprint density at radius 1 is 1.05 bits per heavy atom. The minimum Gasteiger partial charge on any atom is -0.497 e. The maximum Gasteiger partial charge on any atom is 0.264 e. The molecule has 2 fully saturated rings. The molecular formula is C33H32N4O6S. The first kappa shape index (κ1) is 29.3. The van der Waals surface area contributed by atoms with Gasteiger partial charge in [-0.1, -0.05) is 54.6 Å². The molecule has 4 aromatic rings. The highest BCUT2D eigenvalue weighted by Gasteiger charge is 2.61. The monoisotopic (exact) mass is 612 g/mol. The number of hydrogen-bond acceptors (Lipinski definition) is 8. The van der Waals surface area contributed by atoms with Gasteiger partial charge in [-0.25, -0.2) is 18.1 Å². The molecular weight excluding hydrogens is 580 g/mol. The topological polar surface area (TPSA) is 136 Å². The molecule has 1 aliphatic heterocycles. The highest BCUT2D eigenvalue weighted by Crippen LogP contribution is 2.45. The van der Waals surface area contributed by atoms with Crippen LogP contribution in [0.25, 0.3) is 22.2 Å². The number of rotatable bonds is 10. The number of aromatic nitrogens is 1. The zero-order chi connectivity index (χ0) is 30.9. The smallest absolute Gasteiger partial charge is 0.264 e. The Hall–Kier alpha value is -4.74. The second-order valence-electron chi connectivity index (χ2n) is 10.9. The first-order chi connectivity index (χ1) is 21.2. The summed E-state index contributed by atoms with van der Waals surface area (Å²) in [5.74, 6) is -0.310. The van der Waals surface area contributed by atoms with Gasteiger partial charge in [-0.15, -0.1) is 6.58 Å². The van der Waals surface area contributed by atoms with Crippen LogP contribution in [-0.4, -0.2) is 56.6 Å². The Balaban J connectivity index is 1.17. The van der Waals surface area contributed by atoms with E-state index in [0.717, 1.165) is 16.6 Å². The standard InChI is InChI=1S/C33H32N4O6S/c1-3-22-19-33(22,32(39)37-44(40,41)25-12-8-5-9-13-25)36-31(38)29-17-24(20-34-29)43-30-18-27(21-10-6-4-7-11-21)35-28-16-23(42-2)14-15-26(28)30/h3-16,18,22,24,29,34H,1,17,19-20H2,2H3,(H,36,38)(H,37,39)/t22-,24?,29+,33-/m1/s1. The molecule has 226 valence electrons. The van der Waals surface area contributed by atoms with Gasteiger partial charge in [0.15, 0.2) is 0 Å². The zero-order valence-corrected chi connectivity index (χ0v) is 24.8. The zero-order valence-electron chi connectivity index (χ0n) is 24.0. The summed E-state index contributed by atoms with van der Waals surface area (Å²) in [5.41, 5.74) is 0.988. The van der Waals surface area contributed by atoms with Crippen molar-refractivity contribution in [3.63, 3.8) is 0 Å². The number of carbonyl (C=O) groups excluding carboxylic acids is 2. The van der Waals surface area contributed by atoms with Crippen molar-refractivity contribution >= 4 is 32.7 Å². The van der Waals surface area contributed by atoms with Gasteiger partial charge >= 0.3 is 0 Å². The molecule has 1 aliphatic carbocycles. The van der Waals surface area contributed by atoms with Gasteiger partial charge in [0, 0.05) is 42.0 Å². The Morgan fingerprint density at radius 2 is 1.77 bits per heavy atom. The minimum atomic E-state index is -4.11. The summed E-state index contributed by atoms with van der Waals surface area (Å²) in [6, 6.07) is 24.2. The van der Waals surface area contributed by atoms with Gasteiger partial charge in [-0.2, -0.15) is 0 Å². The molecule has 0 bridgehead atoms. The molecule has 0 radical (unpaired) electrons. The van der Waals surface area contributed by atoms with Crippen LogP contribution >= 0.6 is 0 Å². The molecule has 0 spiro atoms. The normalized spacial score (nSPS) is 22.6. The van der Waals surface area contributed by atoms with E-state index in [1.165, 1.54) is 12.1 Å². The second kappa shape index (κ2) is 11.7. The number of pyridine rings is 1. The van der Waals surface area contributed by atoms with Gasteiger partial charge in [-0.05, 0) is 30.7 Å². The van der Waals surface area contributed by atoms with Crippen molar-refractivity contribution in [3.8, 4) is 22.8 Å². The maximum absolute atomic E-state index is 13.4. The molecule has 2 amide bonds. The Labute approximate surface area is 255 Å². The highest BCUT2D eigenvalue weighted by molar-refractivity contribution is 7.90. The van der Waals surface area contributed by atoms with E-state index in [4.69, 9.17) is 14.5 Å². The van der Waals surface area contributed by atoms with Crippen molar-refractivity contribution in [2.24, 2.45) is 5.92 Å². The molecule has 3 N–H and O–H groups in total. The van der Waals surface area contributed by atoms with Crippen LogP contribution in [0.2, 0.25) is 0 Å². The summed E-state index contributed by atoms with van der Waals surface area (Å²) < 4.78 is 39.6. The molecule has 3 aromatic carbocycles. The fourth-order valence-corrected chi connectivity index (χ4v) is 6.60. The Kier molecular flexibility index (Phi) is 7.83. The van der Waals surface area contributed by atoms with Gasteiger partial charge < -0.3 is 20.1 Å². The van der Waals surface area contributed by atoms with Crippen molar-refractivity contribution in [1.29, 1.82) is 0 Å². The quantitative estimate of drug-likeness (QED) is 0.231. The number of nitrogens with zero attached hydrogens (tertiary/aromatic N) is 1. The van der Waals surface area contributed by atoms with Crippen LogP contribution in [0.4, 0.5) is 0 Å². The molecule has 2 aliphatic rings. The predicted octanol–water partition coefficient (Wildman–Crippen LogP) is 3.59. The van der Waals surface area contributed by atoms with E-state index < -0.39 is 39.3 Å². The van der Waals surface area contributed by atoms with E-state index in [1.54, 1.807) is 31.4 Å². The number of fused-ring (bicyclic) bond motifs is 1. The van der Waals surface area contributed by atoms with Crippen molar-refractivity contribution in [1.82, 2.24) is 20.3 Å². The van der Waals surface area contributed by atoms with Crippen molar-refractivity contribution in [2.45, 2.75) is 35.4 Å². The number of sulfonamides is 1. The van der Waals surface area contributed by atoms with Crippen LogP contribution in [0, 0.1) is 5.92 Å². The molecule has 11 heteroatoms. The van der Waals surface area contributed by atoms with E-state index in [-0.39, 0.29) is 17.4 Å². The number of methoxy groups -OCH3 is 1. The van der Waals surface area contributed by atoms with Crippen LogP contribution in [0.3, 0.4) is 0 Å². The van der Waals surface area contributed by atoms with E-state index in [1.807, 2.05) is 54.6 Å². The summed E-state index contributed by atoms with van der Waals surface area (Å²) in [4.78, 5) is 31.4. The fourth-order valence-electron chi connectivity index (χ4n) is 5.54. The lowest BCUT2D eigenvalue weighted by Crippen LogP contribution is -2.55. The van der Waals surface area contributed by atoms with Crippen LogP contribution in [0.1, 0.15) is 12.8 Å². The molecule has 10 nitrogen and oxygen atoms in total. The van der Waals surface area contributed by atoms with Crippen LogP contribution in [-0.2, 0) is 19.6 Å². The highest BCUT2D eigenvalue weighted by atomic mass is 32.2. The summed E-state index contributed by atoms with van der Waals surface area (Å²) in [7, 11) is -2.51. The van der Waals surface area contributed by atoms with Crippen LogP contribution in [0.15, 0.2) is 102 Å². The molecule has 1 saturated heterocycles. The molecule has 2 heterocycles. The third kappa shape index (κ3) is 5.76. The number of carbonyl (C=O) groups is 2. The van der Waals surface area contributed by atoms with Gasteiger partial charge in [0.25, 0.3) is 15.9 Å². The number of amides is 2. The third-order valence-corrected chi connectivity index (χ3v) is 9.43. The lowest BCUT2D eigenvalue weighted by Gasteiger charge is -2.21. The fraction of sp³-hybridized carbons (Fsp3) is 0.242. The molecule has 1 unspecified atom stereocenters. The Bertz CT molecular complexity index is 1830. The average molecular weight is 613 g/mol. The van der Waals surface area contributed by atoms with E-state index in [0.29, 0.717) is 30.0 Å². The molecule has 1 saturated carbocycles. The van der Waals surface area contributed by atoms with Gasteiger partial charge in [0.1, 0.15) is 23.1 Å². The Morgan fingerprint density at radius 3 is 2.45 bits per heavy atom. The summed E-state index contributed by atoms with van der Waals surface area (Å²) in [6.45, 7) is 4.15. The lowest BCUT2D eigenvalue weighted by atomic mass is 10.1. The number of benzene rings is 3. The number of ether oxygens (including phenoxy) is 2. The van der Waals surface area contributed by atoms with Crippen molar-refractivity contribution in [3.05, 3.63) is 97.6 Å². The van der Waals surface area contributed by atoms with Gasteiger partial charge in [-0.3, -0.25) is 9.59 Å². The van der Waals surface area contributed by atoms with Crippen LogP contribution < -0.4 is 24.8 Å². The molecule has 1 aromatic heterocycles. The predicted molar refractivity (Wildman–Crippen MR) is 166 cm³/mol. The van der Waals surface area contributed by atoms with Gasteiger partial charge in [0.05, 0.1) is 29.3 Å². The maximum atomic E-state index is 13.4. The third-order valence-electron chi connectivity index (χ3n) is 8.08. The summed E-state index contributed by atoms with van der Waals surface area (Å²) >= 11 is 0. The average Bonchev–Trinajstić information content (AvgIpc) is 3.56. The van der Waals surface area contributed by atoms with Crippen molar-refractivity contribution in [2.75, 3.05) is 13.7 Å². The number of hydrogen-bond donors (Lipinski definition) is 3. The molecule has 4 atom stereocenters. The number of nitrogens with one attached hydrogen (secondary N) is 3. The van der Waals surface area contributed by atoms with Crippen molar-refractivity contribution < 1.29 is 27.5 Å².